The van der Waals surface area contributed by atoms with Crippen molar-refractivity contribution in [1.29, 1.82) is 0 Å². The summed E-state index contributed by atoms with van der Waals surface area (Å²) in [5.74, 6) is 2.24. The first-order valence-corrected chi connectivity index (χ1v) is 8.16. The van der Waals surface area contributed by atoms with Gasteiger partial charge in [0.2, 0.25) is 0 Å². The molecule has 3 aromatic rings. The number of aromatic nitrogens is 4. The Hall–Kier alpha value is -3.29. The third-order valence-corrected chi connectivity index (χ3v) is 3.72. The van der Waals surface area contributed by atoms with E-state index in [9.17, 15) is 9.18 Å². The molecule has 0 spiro atoms. The van der Waals surface area contributed by atoms with Crippen LogP contribution < -0.4 is 10.6 Å². The Balaban J connectivity index is 1.56. The summed E-state index contributed by atoms with van der Waals surface area (Å²) in [6.07, 6.45) is 3.55. The second-order valence-electron chi connectivity index (χ2n) is 5.69. The van der Waals surface area contributed by atoms with Crippen LogP contribution in [0.3, 0.4) is 0 Å². The Kier molecular flexibility index (Phi) is 5.21. The highest BCUT2D eigenvalue weighted by molar-refractivity contribution is 5.94. The lowest BCUT2D eigenvalue weighted by molar-refractivity contribution is 0.0955. The number of carbonyl (C=O) groups excluding carboxylic acids is 1. The Morgan fingerprint density at radius 2 is 1.92 bits per heavy atom. The number of anilines is 1. The van der Waals surface area contributed by atoms with Crippen LogP contribution >= 0.6 is 0 Å². The van der Waals surface area contributed by atoms with Gasteiger partial charge in [-0.3, -0.25) is 9.36 Å². The number of aryl methyl sites for hydroxylation is 2. The maximum Gasteiger partial charge on any atom is 0.251 e. The average Bonchev–Trinajstić information content (AvgIpc) is 3.05. The molecule has 3 rings (SSSR count). The van der Waals surface area contributed by atoms with E-state index in [2.05, 4.69) is 25.6 Å². The Morgan fingerprint density at radius 1 is 1.15 bits per heavy atom. The maximum atomic E-state index is 12.9. The zero-order valence-corrected chi connectivity index (χ0v) is 14.5. The molecule has 1 amide bonds. The number of hydrogen-bond acceptors (Lipinski definition) is 5. The number of rotatable bonds is 6. The Morgan fingerprint density at radius 3 is 2.62 bits per heavy atom. The second-order valence-corrected chi connectivity index (χ2v) is 5.69. The largest absolute Gasteiger partial charge is 0.368 e. The molecule has 0 bridgehead atoms. The fourth-order valence-electron chi connectivity index (χ4n) is 2.46. The fraction of sp³-hybridized carbons (Fsp3) is 0.222. The minimum atomic E-state index is -0.369. The first-order valence-electron chi connectivity index (χ1n) is 8.16. The average molecular weight is 354 g/mol. The van der Waals surface area contributed by atoms with Gasteiger partial charge in [-0.05, 0) is 38.1 Å². The van der Waals surface area contributed by atoms with Gasteiger partial charge in [0.05, 0.1) is 0 Å². The van der Waals surface area contributed by atoms with Crippen LogP contribution in [0.1, 0.15) is 22.0 Å². The van der Waals surface area contributed by atoms with Crippen LogP contribution in [0.25, 0.3) is 5.82 Å². The van der Waals surface area contributed by atoms with Crippen molar-refractivity contribution in [2.45, 2.75) is 13.8 Å². The normalized spacial score (nSPS) is 10.6. The molecule has 0 atom stereocenters. The van der Waals surface area contributed by atoms with Crippen LogP contribution in [0, 0.1) is 19.7 Å². The quantitative estimate of drug-likeness (QED) is 0.663. The summed E-state index contributed by atoms with van der Waals surface area (Å²) in [7, 11) is 0. The van der Waals surface area contributed by atoms with Crippen molar-refractivity contribution < 1.29 is 9.18 Å². The molecule has 0 aliphatic heterocycles. The van der Waals surface area contributed by atoms with Crippen LogP contribution in [0.4, 0.5) is 10.2 Å². The molecule has 2 N–H and O–H groups in total. The number of benzene rings is 1. The molecule has 0 aliphatic rings. The van der Waals surface area contributed by atoms with Gasteiger partial charge in [-0.2, -0.15) is 0 Å². The van der Waals surface area contributed by atoms with Crippen molar-refractivity contribution in [3.8, 4) is 5.82 Å². The predicted molar refractivity (Wildman–Crippen MR) is 95.9 cm³/mol. The van der Waals surface area contributed by atoms with Gasteiger partial charge in [-0.25, -0.2) is 19.3 Å². The standard InChI is InChI=1S/C18H19FN6O/c1-12-23-16(11-17(24-12)25-10-9-20-13(25)2)21-7-8-22-18(26)14-3-5-15(19)6-4-14/h3-6,9-11H,7-8H2,1-2H3,(H,22,26)(H,21,23,24). The summed E-state index contributed by atoms with van der Waals surface area (Å²) in [5.41, 5.74) is 0.419. The number of halogens is 1. The highest BCUT2D eigenvalue weighted by Crippen LogP contribution is 2.12. The van der Waals surface area contributed by atoms with Crippen LogP contribution in [0.15, 0.2) is 42.7 Å². The van der Waals surface area contributed by atoms with Crippen molar-refractivity contribution in [1.82, 2.24) is 24.8 Å². The first kappa shape index (κ1) is 17.5. The Labute approximate surface area is 150 Å². The minimum Gasteiger partial charge on any atom is -0.368 e. The summed E-state index contributed by atoms with van der Waals surface area (Å²) >= 11 is 0. The zero-order chi connectivity index (χ0) is 18.5. The van der Waals surface area contributed by atoms with Gasteiger partial charge in [0, 0.05) is 37.1 Å². The third-order valence-electron chi connectivity index (χ3n) is 3.72. The maximum absolute atomic E-state index is 12.9. The summed E-state index contributed by atoms with van der Waals surface area (Å²) in [6.45, 7) is 4.61. The molecule has 2 aromatic heterocycles. The van der Waals surface area contributed by atoms with E-state index in [-0.39, 0.29) is 11.7 Å². The summed E-state index contributed by atoms with van der Waals surface area (Å²) in [4.78, 5) is 24.9. The van der Waals surface area contributed by atoms with Gasteiger partial charge in [-0.15, -0.1) is 0 Å². The van der Waals surface area contributed by atoms with E-state index in [0.717, 1.165) is 11.6 Å². The summed E-state index contributed by atoms with van der Waals surface area (Å²) < 4.78 is 14.7. The summed E-state index contributed by atoms with van der Waals surface area (Å²) in [6, 6.07) is 7.24. The Bertz CT molecular complexity index is 906. The van der Waals surface area contributed by atoms with Gasteiger partial charge >= 0.3 is 0 Å². The van der Waals surface area contributed by atoms with Crippen molar-refractivity contribution in [2.24, 2.45) is 0 Å². The number of nitrogens with one attached hydrogen (secondary N) is 2. The number of carbonyl (C=O) groups is 1. The highest BCUT2D eigenvalue weighted by Gasteiger charge is 2.07. The molecule has 0 unspecified atom stereocenters. The van der Waals surface area contributed by atoms with Gasteiger partial charge in [0.15, 0.2) is 0 Å². The van der Waals surface area contributed by atoms with Crippen molar-refractivity contribution in [3.63, 3.8) is 0 Å². The van der Waals surface area contributed by atoms with Crippen LogP contribution in [-0.4, -0.2) is 38.5 Å². The molecule has 1 aromatic carbocycles. The van der Waals surface area contributed by atoms with E-state index in [1.165, 1.54) is 24.3 Å². The van der Waals surface area contributed by atoms with E-state index < -0.39 is 0 Å². The monoisotopic (exact) mass is 354 g/mol. The minimum absolute atomic E-state index is 0.250. The van der Waals surface area contributed by atoms with Gasteiger partial charge in [0.25, 0.3) is 5.91 Å². The van der Waals surface area contributed by atoms with E-state index in [1.54, 1.807) is 6.20 Å². The third kappa shape index (κ3) is 4.21. The van der Waals surface area contributed by atoms with E-state index >= 15 is 0 Å². The summed E-state index contributed by atoms with van der Waals surface area (Å²) in [5, 5.41) is 5.94. The molecule has 0 saturated heterocycles. The zero-order valence-electron chi connectivity index (χ0n) is 14.5. The molecule has 0 saturated carbocycles. The number of amides is 1. The van der Waals surface area contributed by atoms with E-state index in [1.807, 2.05) is 30.7 Å². The van der Waals surface area contributed by atoms with Crippen molar-refractivity contribution in [2.75, 3.05) is 18.4 Å². The highest BCUT2D eigenvalue weighted by atomic mass is 19.1. The number of imidazole rings is 1. The van der Waals surface area contributed by atoms with Gasteiger partial charge in [0.1, 0.15) is 29.1 Å². The molecule has 0 aliphatic carbocycles. The topological polar surface area (TPSA) is 84.7 Å². The van der Waals surface area contributed by atoms with Crippen molar-refractivity contribution in [3.05, 3.63) is 65.8 Å². The molecule has 0 radical (unpaired) electrons. The lowest BCUT2D eigenvalue weighted by Crippen LogP contribution is -2.29. The molecular formula is C18H19FN6O. The molecule has 7 nitrogen and oxygen atoms in total. The van der Waals surface area contributed by atoms with Gasteiger partial charge < -0.3 is 10.6 Å². The predicted octanol–water partition coefficient (Wildman–Crippen LogP) is 2.26. The van der Waals surface area contributed by atoms with Crippen LogP contribution in [-0.2, 0) is 0 Å². The fourth-order valence-corrected chi connectivity index (χ4v) is 2.46. The molecule has 2 heterocycles. The number of hydrogen-bond donors (Lipinski definition) is 2. The van der Waals surface area contributed by atoms with Crippen LogP contribution in [0.2, 0.25) is 0 Å². The van der Waals surface area contributed by atoms with Crippen LogP contribution in [0.5, 0.6) is 0 Å². The molecular weight excluding hydrogens is 335 g/mol. The lowest BCUT2D eigenvalue weighted by atomic mass is 10.2. The molecule has 134 valence electrons. The van der Waals surface area contributed by atoms with E-state index in [4.69, 9.17) is 0 Å². The van der Waals surface area contributed by atoms with E-state index in [0.29, 0.717) is 30.3 Å². The lowest BCUT2D eigenvalue weighted by Gasteiger charge is -2.10. The number of nitrogens with zero attached hydrogens (tertiary/aromatic N) is 4. The van der Waals surface area contributed by atoms with Gasteiger partial charge in [-0.1, -0.05) is 0 Å². The smallest absolute Gasteiger partial charge is 0.251 e. The van der Waals surface area contributed by atoms with Crippen molar-refractivity contribution >= 4 is 11.7 Å². The molecule has 8 heteroatoms. The SMILES string of the molecule is Cc1nc(NCCNC(=O)c2ccc(F)cc2)cc(-n2ccnc2C)n1. The molecule has 26 heavy (non-hydrogen) atoms. The second kappa shape index (κ2) is 7.73. The molecule has 0 fully saturated rings. The first-order chi connectivity index (χ1) is 12.5.